The average molecular weight is 200 g/mol. The molecule has 1 amide bonds. The summed E-state index contributed by atoms with van der Waals surface area (Å²) in [7, 11) is 0. The van der Waals surface area contributed by atoms with Gasteiger partial charge in [-0.05, 0) is 18.1 Å². The van der Waals surface area contributed by atoms with E-state index < -0.39 is 0 Å². The van der Waals surface area contributed by atoms with Gasteiger partial charge in [0.05, 0.1) is 0 Å². The maximum absolute atomic E-state index is 10.4. The van der Waals surface area contributed by atoms with Crippen LogP contribution < -0.4 is 5.32 Å². The number of fused-ring (bicyclic) bond motifs is 3. The van der Waals surface area contributed by atoms with Gasteiger partial charge in [-0.15, -0.1) is 0 Å². The van der Waals surface area contributed by atoms with Crippen LogP contribution in [0, 0.1) is 0 Å². The van der Waals surface area contributed by atoms with Gasteiger partial charge in [-0.25, -0.2) is 0 Å². The first-order chi connectivity index (χ1) is 7.38. The van der Waals surface area contributed by atoms with Crippen molar-refractivity contribution in [2.45, 2.75) is 18.9 Å². The van der Waals surface area contributed by atoms with Gasteiger partial charge >= 0.3 is 0 Å². The number of hydrogen-bond acceptors (Lipinski definition) is 1. The molecule has 1 aromatic carbocycles. The van der Waals surface area contributed by atoms with Crippen molar-refractivity contribution in [3.05, 3.63) is 35.5 Å². The van der Waals surface area contributed by atoms with E-state index in [1.165, 1.54) is 22.2 Å². The fourth-order valence-corrected chi connectivity index (χ4v) is 2.44. The molecule has 1 unspecified atom stereocenters. The summed E-state index contributed by atoms with van der Waals surface area (Å²) < 4.78 is 0. The number of para-hydroxylation sites is 1. The van der Waals surface area contributed by atoms with E-state index in [1.54, 1.807) is 0 Å². The van der Waals surface area contributed by atoms with Crippen molar-refractivity contribution in [3.63, 3.8) is 0 Å². The molecule has 1 aliphatic rings. The van der Waals surface area contributed by atoms with E-state index in [9.17, 15) is 4.79 Å². The molecule has 2 N–H and O–H groups in total. The third-order valence-electron chi connectivity index (χ3n) is 3.11. The second-order valence-electron chi connectivity index (χ2n) is 4.02. The van der Waals surface area contributed by atoms with E-state index in [2.05, 4.69) is 28.5 Å². The molecule has 0 spiro atoms. The van der Waals surface area contributed by atoms with Crippen LogP contribution in [0.5, 0.6) is 0 Å². The summed E-state index contributed by atoms with van der Waals surface area (Å²) in [6.07, 6.45) is 2.65. The zero-order valence-corrected chi connectivity index (χ0v) is 8.29. The highest BCUT2D eigenvalue weighted by Gasteiger charge is 2.24. The van der Waals surface area contributed by atoms with Crippen molar-refractivity contribution in [3.8, 4) is 0 Å². The Morgan fingerprint density at radius 1 is 1.33 bits per heavy atom. The number of carbonyl (C=O) groups excluding carboxylic acids is 1. The molecule has 0 fully saturated rings. The van der Waals surface area contributed by atoms with Crippen LogP contribution in [0.2, 0.25) is 0 Å². The Bertz CT molecular complexity index is 515. The summed E-state index contributed by atoms with van der Waals surface area (Å²) in [4.78, 5) is 13.8. The van der Waals surface area contributed by atoms with Crippen molar-refractivity contribution in [1.82, 2.24) is 10.3 Å². The Hall–Kier alpha value is -1.77. The van der Waals surface area contributed by atoms with Crippen molar-refractivity contribution >= 4 is 17.3 Å². The summed E-state index contributed by atoms with van der Waals surface area (Å²) in [5, 5.41) is 4.14. The van der Waals surface area contributed by atoms with E-state index in [1.807, 2.05) is 6.07 Å². The molecule has 1 aliphatic carbocycles. The lowest BCUT2D eigenvalue weighted by atomic mass is 10.1. The number of amides is 1. The predicted octanol–water partition coefficient (Wildman–Crippen LogP) is 1.38. The first-order valence-electron chi connectivity index (χ1n) is 5.16. The molecule has 0 bridgehead atoms. The summed E-state index contributed by atoms with van der Waals surface area (Å²) in [5.74, 6) is 0. The molecule has 3 rings (SSSR count). The quantitative estimate of drug-likeness (QED) is 0.707. The molecule has 3 heteroatoms. The van der Waals surface area contributed by atoms with E-state index in [0.29, 0.717) is 0 Å². The van der Waals surface area contributed by atoms with Gasteiger partial charge in [0.25, 0.3) is 0 Å². The minimum atomic E-state index is 0.272. The van der Waals surface area contributed by atoms with Crippen molar-refractivity contribution in [2.24, 2.45) is 0 Å². The number of H-pyrrole nitrogens is 1. The lowest BCUT2D eigenvalue weighted by Crippen LogP contribution is -2.28. The Morgan fingerprint density at radius 3 is 3.07 bits per heavy atom. The van der Waals surface area contributed by atoms with Crippen LogP contribution in [0.1, 0.15) is 11.3 Å². The van der Waals surface area contributed by atoms with Crippen molar-refractivity contribution in [2.75, 3.05) is 0 Å². The van der Waals surface area contributed by atoms with Gasteiger partial charge < -0.3 is 10.3 Å². The smallest absolute Gasteiger partial charge is 0.207 e. The summed E-state index contributed by atoms with van der Waals surface area (Å²) >= 11 is 0. The summed E-state index contributed by atoms with van der Waals surface area (Å²) in [6.45, 7) is 0. The lowest BCUT2D eigenvalue weighted by molar-refractivity contribution is -0.110. The second-order valence-corrected chi connectivity index (χ2v) is 4.02. The van der Waals surface area contributed by atoms with Gasteiger partial charge in [0, 0.05) is 29.1 Å². The monoisotopic (exact) mass is 200 g/mol. The normalized spacial score (nSPS) is 19.1. The highest BCUT2D eigenvalue weighted by Crippen LogP contribution is 2.29. The van der Waals surface area contributed by atoms with Crippen LogP contribution in [-0.2, 0) is 17.6 Å². The Labute approximate surface area is 87.5 Å². The highest BCUT2D eigenvalue weighted by molar-refractivity contribution is 5.85. The molecule has 0 saturated heterocycles. The highest BCUT2D eigenvalue weighted by atomic mass is 16.1. The first kappa shape index (κ1) is 8.53. The third kappa shape index (κ3) is 1.23. The number of aromatic amines is 1. The molecule has 1 atom stereocenters. The van der Waals surface area contributed by atoms with Crippen LogP contribution in [0.15, 0.2) is 24.3 Å². The van der Waals surface area contributed by atoms with E-state index in [-0.39, 0.29) is 6.04 Å². The topological polar surface area (TPSA) is 44.9 Å². The number of nitrogens with one attached hydrogen (secondary N) is 2. The van der Waals surface area contributed by atoms with E-state index in [0.717, 1.165) is 19.3 Å². The third-order valence-corrected chi connectivity index (χ3v) is 3.11. The number of benzene rings is 1. The van der Waals surface area contributed by atoms with Gasteiger partial charge in [0.2, 0.25) is 6.41 Å². The maximum Gasteiger partial charge on any atom is 0.207 e. The standard InChI is InChI=1S/C12H12N2O/c15-7-13-8-5-10-9-3-1-2-4-11(9)14-12(10)6-8/h1-4,7-8,14H,5-6H2,(H,13,15). The molecule has 0 aliphatic heterocycles. The van der Waals surface area contributed by atoms with Crippen LogP contribution in [-0.4, -0.2) is 17.4 Å². The van der Waals surface area contributed by atoms with Gasteiger partial charge in [0.1, 0.15) is 0 Å². The van der Waals surface area contributed by atoms with Crippen molar-refractivity contribution in [1.29, 1.82) is 0 Å². The second kappa shape index (κ2) is 3.12. The van der Waals surface area contributed by atoms with Crippen LogP contribution in [0.4, 0.5) is 0 Å². The molecule has 0 saturated carbocycles. The number of carbonyl (C=O) groups is 1. The van der Waals surface area contributed by atoms with Gasteiger partial charge in [-0.2, -0.15) is 0 Å². The zero-order valence-electron chi connectivity index (χ0n) is 8.29. The van der Waals surface area contributed by atoms with E-state index >= 15 is 0 Å². The van der Waals surface area contributed by atoms with Crippen LogP contribution >= 0.6 is 0 Å². The first-order valence-corrected chi connectivity index (χ1v) is 5.16. The maximum atomic E-state index is 10.4. The minimum absolute atomic E-state index is 0.272. The lowest BCUT2D eigenvalue weighted by Gasteiger charge is -2.06. The molecule has 0 radical (unpaired) electrons. The van der Waals surface area contributed by atoms with Crippen LogP contribution in [0.25, 0.3) is 10.9 Å². The Morgan fingerprint density at radius 2 is 2.20 bits per heavy atom. The van der Waals surface area contributed by atoms with Crippen LogP contribution in [0.3, 0.4) is 0 Å². The largest absolute Gasteiger partial charge is 0.358 e. The SMILES string of the molecule is O=CNC1Cc2[nH]c3ccccc3c2C1. The predicted molar refractivity (Wildman–Crippen MR) is 58.7 cm³/mol. The number of aromatic nitrogens is 1. The minimum Gasteiger partial charge on any atom is -0.358 e. The van der Waals surface area contributed by atoms with Crippen molar-refractivity contribution < 1.29 is 4.79 Å². The molecule has 1 heterocycles. The number of hydrogen-bond donors (Lipinski definition) is 2. The molecule has 1 aromatic heterocycles. The van der Waals surface area contributed by atoms with Gasteiger partial charge in [0.15, 0.2) is 0 Å². The summed E-state index contributed by atoms with van der Waals surface area (Å²) in [6, 6.07) is 8.59. The molecular weight excluding hydrogens is 188 g/mol. The molecule has 15 heavy (non-hydrogen) atoms. The molecule has 3 nitrogen and oxygen atoms in total. The fraction of sp³-hybridized carbons (Fsp3) is 0.250. The average Bonchev–Trinajstić information content (AvgIpc) is 2.75. The summed E-state index contributed by atoms with van der Waals surface area (Å²) in [5.41, 5.74) is 3.84. The van der Waals surface area contributed by atoms with Gasteiger partial charge in [-0.3, -0.25) is 4.79 Å². The van der Waals surface area contributed by atoms with Gasteiger partial charge in [-0.1, -0.05) is 18.2 Å². The Kier molecular flexibility index (Phi) is 1.78. The fourth-order valence-electron chi connectivity index (χ4n) is 2.44. The zero-order chi connectivity index (χ0) is 10.3. The van der Waals surface area contributed by atoms with E-state index in [4.69, 9.17) is 0 Å². The molecular formula is C12H12N2O. The number of rotatable bonds is 2. The Balaban J connectivity index is 2.04. The molecule has 2 aromatic rings. The molecule has 76 valence electrons.